The fraction of sp³-hybridized carbons (Fsp3) is 0.143. The van der Waals surface area contributed by atoms with E-state index in [1.807, 2.05) is 13.0 Å². The predicted molar refractivity (Wildman–Crippen MR) is 113 cm³/mol. The summed E-state index contributed by atoms with van der Waals surface area (Å²) in [5.41, 5.74) is 1.81. The Hall–Kier alpha value is -2.55. The van der Waals surface area contributed by atoms with Crippen LogP contribution < -0.4 is 4.72 Å². The van der Waals surface area contributed by atoms with Crippen LogP contribution in [0.1, 0.15) is 26.3 Å². The Balaban J connectivity index is 1.56. The van der Waals surface area contributed by atoms with Crippen molar-refractivity contribution in [1.82, 2.24) is 9.62 Å². The number of sulfonamides is 1. The minimum Gasteiger partial charge on any atom is -0.273 e. The first kappa shape index (κ1) is 19.8. The zero-order valence-corrected chi connectivity index (χ0v) is 17.9. The smallest absolute Gasteiger partial charge is 0.261 e. The fourth-order valence-electron chi connectivity index (χ4n) is 3.41. The Morgan fingerprint density at radius 2 is 1.59 bits per heavy atom. The molecule has 8 heteroatoms. The van der Waals surface area contributed by atoms with E-state index >= 15 is 0 Å². The Labute approximate surface area is 176 Å². The molecular weight excluding hydrogens is 456 g/mol. The van der Waals surface area contributed by atoms with Crippen LogP contribution in [0, 0.1) is 6.92 Å². The van der Waals surface area contributed by atoms with E-state index in [1.165, 1.54) is 12.1 Å². The van der Waals surface area contributed by atoms with Crippen molar-refractivity contribution in [1.29, 1.82) is 0 Å². The molecule has 3 aromatic carbocycles. The number of carbonyl (C=O) groups is 2. The summed E-state index contributed by atoms with van der Waals surface area (Å²) in [6.45, 7) is 1.73. The van der Waals surface area contributed by atoms with Crippen LogP contribution >= 0.6 is 15.9 Å². The lowest BCUT2D eigenvalue weighted by Gasteiger charge is -2.27. The summed E-state index contributed by atoms with van der Waals surface area (Å²) in [4.78, 5) is 27.0. The number of hydrogen-bond donors (Lipinski definition) is 1. The van der Waals surface area contributed by atoms with Gasteiger partial charge in [0.25, 0.3) is 11.8 Å². The van der Waals surface area contributed by atoms with Crippen molar-refractivity contribution in [2.75, 3.05) is 13.1 Å². The van der Waals surface area contributed by atoms with Crippen molar-refractivity contribution in [3.05, 3.63) is 75.8 Å². The molecule has 0 radical (unpaired) electrons. The molecule has 1 N–H and O–H groups in total. The highest BCUT2D eigenvalue weighted by molar-refractivity contribution is 9.10. The molecule has 0 fully saturated rings. The van der Waals surface area contributed by atoms with Crippen molar-refractivity contribution < 1.29 is 18.0 Å². The van der Waals surface area contributed by atoms with Gasteiger partial charge in [-0.3, -0.25) is 14.5 Å². The molecule has 1 aliphatic rings. The van der Waals surface area contributed by atoms with Gasteiger partial charge in [0.15, 0.2) is 0 Å². The number of carbonyl (C=O) groups excluding carboxylic acids is 2. The van der Waals surface area contributed by atoms with Crippen molar-refractivity contribution in [2.24, 2.45) is 0 Å². The normalized spacial score (nSPS) is 13.9. The van der Waals surface area contributed by atoms with Crippen molar-refractivity contribution in [2.45, 2.75) is 11.8 Å². The van der Waals surface area contributed by atoms with E-state index in [1.54, 1.807) is 36.4 Å². The lowest BCUT2D eigenvalue weighted by molar-refractivity contribution is 0.0613. The maximum absolute atomic E-state index is 12.9. The van der Waals surface area contributed by atoms with Crippen LogP contribution in [0.4, 0.5) is 0 Å². The second kappa shape index (κ2) is 7.37. The Kier molecular flexibility index (Phi) is 5.02. The van der Waals surface area contributed by atoms with Crippen LogP contribution in [0.2, 0.25) is 0 Å². The first-order valence-corrected chi connectivity index (χ1v) is 11.2. The fourth-order valence-corrected chi connectivity index (χ4v) is 4.89. The lowest BCUT2D eigenvalue weighted by atomic mass is 9.94. The first-order valence-electron chi connectivity index (χ1n) is 8.93. The molecule has 1 aliphatic heterocycles. The van der Waals surface area contributed by atoms with Crippen LogP contribution in [-0.2, 0) is 10.0 Å². The number of rotatable bonds is 5. The number of aryl methyl sites for hydroxylation is 1. The second-order valence-electron chi connectivity index (χ2n) is 6.80. The first-order chi connectivity index (χ1) is 13.8. The highest BCUT2D eigenvalue weighted by atomic mass is 79.9. The molecule has 2 amide bonds. The summed E-state index contributed by atoms with van der Waals surface area (Å²) >= 11 is 3.45. The number of benzene rings is 3. The Morgan fingerprint density at radius 1 is 0.931 bits per heavy atom. The van der Waals surface area contributed by atoms with Gasteiger partial charge in [-0.25, -0.2) is 13.1 Å². The number of nitrogens with one attached hydrogen (secondary N) is 1. The van der Waals surface area contributed by atoms with Gasteiger partial charge in [-0.15, -0.1) is 0 Å². The van der Waals surface area contributed by atoms with Crippen LogP contribution in [0.25, 0.3) is 10.8 Å². The predicted octanol–water partition coefficient (Wildman–Crippen LogP) is 3.49. The average Bonchev–Trinajstić information content (AvgIpc) is 2.70. The SMILES string of the molecule is Cc1ccc(S(=O)(=O)NCCN2C(=O)c3cccc4c(Br)ccc(c34)C2=O)cc1. The van der Waals surface area contributed by atoms with Crippen LogP contribution in [0.15, 0.2) is 64.0 Å². The summed E-state index contributed by atoms with van der Waals surface area (Å²) in [6, 6.07) is 15.2. The van der Waals surface area contributed by atoms with Gasteiger partial charge in [0.1, 0.15) is 0 Å². The van der Waals surface area contributed by atoms with E-state index in [0.717, 1.165) is 20.3 Å². The van der Waals surface area contributed by atoms with E-state index in [4.69, 9.17) is 0 Å². The summed E-state index contributed by atoms with van der Waals surface area (Å²) in [5, 5.41) is 1.41. The molecule has 0 saturated heterocycles. The quantitative estimate of drug-likeness (QED) is 0.576. The van der Waals surface area contributed by atoms with Gasteiger partial charge in [0, 0.05) is 34.1 Å². The Bertz CT molecular complexity index is 1230. The van der Waals surface area contributed by atoms with Crippen molar-refractivity contribution in [3.63, 3.8) is 0 Å². The number of nitrogens with zero attached hydrogens (tertiary/aromatic N) is 1. The molecule has 0 bridgehead atoms. The molecule has 0 aromatic heterocycles. The van der Waals surface area contributed by atoms with Gasteiger partial charge in [-0.2, -0.15) is 0 Å². The molecular formula is C21H17BrN2O4S. The molecule has 1 heterocycles. The standard InChI is InChI=1S/C21H17BrN2O4S/c1-13-5-7-14(8-6-13)29(27,28)23-11-12-24-20(25)16-4-2-3-15-18(22)10-9-17(19(15)16)21(24)26/h2-10,23H,11-12H2,1H3. The summed E-state index contributed by atoms with van der Waals surface area (Å²) in [5.74, 6) is -0.860. The zero-order valence-electron chi connectivity index (χ0n) is 15.5. The zero-order chi connectivity index (χ0) is 20.8. The van der Waals surface area contributed by atoms with Crippen LogP contribution in [-0.4, -0.2) is 38.2 Å². The van der Waals surface area contributed by atoms with Crippen molar-refractivity contribution in [3.8, 4) is 0 Å². The van der Waals surface area contributed by atoms with Crippen molar-refractivity contribution >= 4 is 48.5 Å². The van der Waals surface area contributed by atoms with E-state index < -0.39 is 21.8 Å². The highest BCUT2D eigenvalue weighted by Gasteiger charge is 2.33. The van der Waals surface area contributed by atoms with E-state index in [-0.39, 0.29) is 18.0 Å². The monoisotopic (exact) mass is 472 g/mol. The van der Waals surface area contributed by atoms with E-state index in [2.05, 4.69) is 20.7 Å². The number of imide groups is 1. The van der Waals surface area contributed by atoms with Gasteiger partial charge < -0.3 is 0 Å². The molecule has 4 rings (SSSR count). The number of hydrogen-bond acceptors (Lipinski definition) is 4. The van der Waals surface area contributed by atoms with Gasteiger partial charge >= 0.3 is 0 Å². The molecule has 29 heavy (non-hydrogen) atoms. The third-order valence-corrected chi connectivity index (χ3v) is 7.07. The topological polar surface area (TPSA) is 83.6 Å². The summed E-state index contributed by atoms with van der Waals surface area (Å²) in [6.07, 6.45) is 0. The highest BCUT2D eigenvalue weighted by Crippen LogP contribution is 2.34. The van der Waals surface area contributed by atoms with Crippen LogP contribution in [0.3, 0.4) is 0 Å². The second-order valence-corrected chi connectivity index (χ2v) is 9.42. The minimum atomic E-state index is -3.72. The van der Waals surface area contributed by atoms with Crippen LogP contribution in [0.5, 0.6) is 0 Å². The summed E-state index contributed by atoms with van der Waals surface area (Å²) < 4.78 is 28.1. The van der Waals surface area contributed by atoms with Gasteiger partial charge in [-0.05, 0) is 42.6 Å². The third-order valence-electron chi connectivity index (χ3n) is 4.90. The number of halogens is 1. The maximum Gasteiger partial charge on any atom is 0.261 e. The molecule has 148 valence electrons. The molecule has 0 saturated carbocycles. The molecule has 0 aliphatic carbocycles. The van der Waals surface area contributed by atoms with E-state index in [0.29, 0.717) is 16.5 Å². The maximum atomic E-state index is 12.9. The molecule has 0 unspecified atom stereocenters. The number of amides is 2. The average molecular weight is 473 g/mol. The molecule has 3 aromatic rings. The largest absolute Gasteiger partial charge is 0.273 e. The molecule has 0 atom stereocenters. The molecule has 6 nitrogen and oxygen atoms in total. The van der Waals surface area contributed by atoms with Gasteiger partial charge in [0.05, 0.1) is 4.90 Å². The van der Waals surface area contributed by atoms with E-state index in [9.17, 15) is 18.0 Å². The third kappa shape index (κ3) is 3.48. The lowest BCUT2D eigenvalue weighted by Crippen LogP contribution is -2.44. The Morgan fingerprint density at radius 3 is 2.28 bits per heavy atom. The molecule has 0 spiro atoms. The van der Waals surface area contributed by atoms with Gasteiger partial charge in [-0.1, -0.05) is 45.8 Å². The minimum absolute atomic E-state index is 0.0609. The van der Waals surface area contributed by atoms with Gasteiger partial charge in [0.2, 0.25) is 10.0 Å². The summed E-state index contributed by atoms with van der Waals surface area (Å²) in [7, 11) is -3.72.